The molecule has 2 aromatic rings. The first-order valence-electron chi connectivity index (χ1n) is 10.3. The number of hydrogen-bond acceptors (Lipinski definition) is 5. The maximum atomic E-state index is 11.4. The Labute approximate surface area is 173 Å². The molecule has 3 rings (SSSR count). The van der Waals surface area contributed by atoms with Crippen molar-refractivity contribution in [1.82, 2.24) is 9.80 Å². The molecule has 0 bridgehead atoms. The van der Waals surface area contributed by atoms with Gasteiger partial charge in [-0.05, 0) is 38.5 Å². The van der Waals surface area contributed by atoms with Crippen LogP contribution in [0.2, 0.25) is 0 Å². The van der Waals surface area contributed by atoms with Gasteiger partial charge in [-0.25, -0.2) is 0 Å². The maximum absolute atomic E-state index is 11.4. The molecular weight excluding hydrogens is 366 g/mol. The predicted molar refractivity (Wildman–Crippen MR) is 115 cm³/mol. The van der Waals surface area contributed by atoms with Gasteiger partial charge in [-0.2, -0.15) is 0 Å². The third kappa shape index (κ3) is 5.63. The van der Waals surface area contributed by atoms with Crippen LogP contribution in [0.1, 0.15) is 36.4 Å². The molecule has 1 aliphatic rings. The molecule has 2 atom stereocenters. The summed E-state index contributed by atoms with van der Waals surface area (Å²) in [6.07, 6.45) is 4.00. The van der Waals surface area contributed by atoms with E-state index < -0.39 is 0 Å². The van der Waals surface area contributed by atoms with Crippen molar-refractivity contribution in [2.24, 2.45) is 0 Å². The second-order valence-corrected chi connectivity index (χ2v) is 7.73. The normalized spacial score (nSPS) is 17.2. The van der Waals surface area contributed by atoms with Crippen molar-refractivity contribution in [3.8, 4) is 0 Å². The van der Waals surface area contributed by atoms with E-state index in [1.165, 1.54) is 24.8 Å². The highest BCUT2D eigenvalue weighted by Gasteiger charge is 2.28. The van der Waals surface area contributed by atoms with Crippen molar-refractivity contribution in [3.63, 3.8) is 0 Å². The molecule has 2 aromatic carbocycles. The number of ether oxygens (including phenoxy) is 1. The fraction of sp³-hybridized carbons (Fsp3) is 0.478. The van der Waals surface area contributed by atoms with Crippen molar-refractivity contribution in [3.05, 3.63) is 75.8 Å². The van der Waals surface area contributed by atoms with Gasteiger partial charge in [0, 0.05) is 37.7 Å². The van der Waals surface area contributed by atoms with Crippen molar-refractivity contribution in [2.45, 2.75) is 38.0 Å². The fourth-order valence-electron chi connectivity index (χ4n) is 4.18. The number of nitro groups is 1. The number of nitrogens with zero attached hydrogens (tertiary/aromatic N) is 3. The van der Waals surface area contributed by atoms with Crippen LogP contribution in [-0.2, 0) is 11.2 Å². The fourth-order valence-corrected chi connectivity index (χ4v) is 4.18. The van der Waals surface area contributed by atoms with E-state index in [1.807, 2.05) is 18.2 Å². The van der Waals surface area contributed by atoms with Crippen molar-refractivity contribution in [1.29, 1.82) is 0 Å². The molecule has 1 fully saturated rings. The number of benzene rings is 2. The lowest BCUT2D eigenvalue weighted by atomic mass is 10.0. The van der Waals surface area contributed by atoms with Gasteiger partial charge in [-0.1, -0.05) is 55.0 Å². The first kappa shape index (κ1) is 21.4. The molecule has 6 nitrogen and oxygen atoms in total. The number of likely N-dealkylation sites (tertiary alicyclic amines) is 1. The summed E-state index contributed by atoms with van der Waals surface area (Å²) < 4.78 is 5.83. The van der Waals surface area contributed by atoms with Gasteiger partial charge < -0.3 is 9.64 Å². The number of piperidine rings is 1. The van der Waals surface area contributed by atoms with E-state index >= 15 is 0 Å². The smallest absolute Gasteiger partial charge is 0.272 e. The largest absolute Gasteiger partial charge is 0.366 e. The molecule has 6 heteroatoms. The zero-order valence-corrected chi connectivity index (χ0v) is 17.4. The number of hydrogen-bond donors (Lipinski definition) is 0. The van der Waals surface area contributed by atoms with E-state index in [4.69, 9.17) is 4.74 Å². The SMILES string of the molecule is COC(Cc1ccccc1[N+](=O)[O-])N(C)[C@H](CN1CCCCC1)c1ccccc1. The van der Waals surface area contributed by atoms with Gasteiger partial charge in [0.1, 0.15) is 6.23 Å². The summed E-state index contributed by atoms with van der Waals surface area (Å²) in [5, 5.41) is 11.4. The maximum Gasteiger partial charge on any atom is 0.272 e. The second-order valence-electron chi connectivity index (χ2n) is 7.73. The quantitative estimate of drug-likeness (QED) is 0.359. The van der Waals surface area contributed by atoms with Crippen LogP contribution in [0.5, 0.6) is 0 Å². The zero-order chi connectivity index (χ0) is 20.6. The third-order valence-electron chi connectivity index (χ3n) is 5.86. The van der Waals surface area contributed by atoms with Gasteiger partial charge >= 0.3 is 0 Å². The van der Waals surface area contributed by atoms with Crippen LogP contribution in [0.3, 0.4) is 0 Å². The molecule has 0 amide bonds. The minimum Gasteiger partial charge on any atom is -0.366 e. The van der Waals surface area contributed by atoms with E-state index in [-0.39, 0.29) is 22.9 Å². The molecule has 29 heavy (non-hydrogen) atoms. The van der Waals surface area contributed by atoms with Gasteiger partial charge in [-0.15, -0.1) is 0 Å². The van der Waals surface area contributed by atoms with Crippen LogP contribution in [0.25, 0.3) is 0 Å². The van der Waals surface area contributed by atoms with E-state index in [0.29, 0.717) is 12.0 Å². The number of rotatable bonds is 9. The zero-order valence-electron chi connectivity index (χ0n) is 17.4. The standard InChI is InChI=1S/C23H31N3O3/c1-24(23(29-2)17-20-13-7-8-14-21(20)26(27)28)22(19-11-5-3-6-12-19)18-25-15-9-4-10-16-25/h3,5-8,11-14,22-23H,4,9-10,15-18H2,1-2H3/t22-,23?/m1/s1. The lowest BCUT2D eigenvalue weighted by Gasteiger charge is -2.38. The summed E-state index contributed by atoms with van der Waals surface area (Å²) in [7, 11) is 3.74. The predicted octanol–water partition coefficient (Wildman–Crippen LogP) is 4.27. The number of nitro benzene ring substituents is 1. The Morgan fingerprint density at radius 3 is 2.38 bits per heavy atom. The van der Waals surface area contributed by atoms with Crippen LogP contribution in [0.15, 0.2) is 54.6 Å². The van der Waals surface area contributed by atoms with Gasteiger partial charge in [-0.3, -0.25) is 15.0 Å². The molecule has 0 aromatic heterocycles. The molecule has 0 N–H and O–H groups in total. The molecule has 1 heterocycles. The Morgan fingerprint density at radius 1 is 1.07 bits per heavy atom. The summed E-state index contributed by atoms with van der Waals surface area (Å²) in [6.45, 7) is 3.18. The van der Waals surface area contributed by atoms with Gasteiger partial charge in [0.15, 0.2) is 0 Å². The molecule has 156 valence electrons. The van der Waals surface area contributed by atoms with Gasteiger partial charge in [0.05, 0.1) is 4.92 Å². The highest BCUT2D eigenvalue weighted by Crippen LogP contribution is 2.27. The number of para-hydroxylation sites is 1. The van der Waals surface area contributed by atoms with Crippen LogP contribution >= 0.6 is 0 Å². The molecular formula is C23H31N3O3. The monoisotopic (exact) mass is 397 g/mol. The molecule has 1 unspecified atom stereocenters. The minimum absolute atomic E-state index is 0.148. The lowest BCUT2D eigenvalue weighted by molar-refractivity contribution is -0.385. The van der Waals surface area contributed by atoms with Gasteiger partial charge in [0.2, 0.25) is 0 Å². The van der Waals surface area contributed by atoms with Crippen molar-refractivity contribution in [2.75, 3.05) is 33.8 Å². The Hall–Kier alpha value is -2.28. The highest BCUT2D eigenvalue weighted by molar-refractivity contribution is 5.40. The Balaban J connectivity index is 1.82. The van der Waals surface area contributed by atoms with Crippen LogP contribution in [0.4, 0.5) is 5.69 Å². The molecule has 0 saturated carbocycles. The summed E-state index contributed by atoms with van der Waals surface area (Å²) in [5.74, 6) is 0. The van der Waals surface area contributed by atoms with E-state index in [9.17, 15) is 10.1 Å². The minimum atomic E-state index is -0.315. The number of likely N-dealkylation sites (N-methyl/N-ethyl adjacent to an activating group) is 1. The number of methoxy groups -OCH3 is 1. The van der Waals surface area contributed by atoms with Crippen molar-refractivity contribution >= 4 is 5.69 Å². The average molecular weight is 398 g/mol. The van der Waals surface area contributed by atoms with E-state index in [2.05, 4.69) is 41.1 Å². The first-order valence-corrected chi connectivity index (χ1v) is 10.3. The summed E-state index contributed by atoms with van der Waals surface area (Å²) >= 11 is 0. The van der Waals surface area contributed by atoms with Crippen LogP contribution in [-0.4, -0.2) is 54.7 Å². The lowest BCUT2D eigenvalue weighted by Crippen LogP contribution is -2.44. The second kappa shape index (κ2) is 10.5. The molecule has 0 radical (unpaired) electrons. The molecule has 1 aliphatic heterocycles. The highest BCUT2D eigenvalue weighted by atomic mass is 16.6. The van der Waals surface area contributed by atoms with E-state index in [1.54, 1.807) is 19.2 Å². The van der Waals surface area contributed by atoms with Crippen LogP contribution in [0, 0.1) is 10.1 Å². The average Bonchev–Trinajstić information content (AvgIpc) is 2.77. The Kier molecular flexibility index (Phi) is 7.75. The topological polar surface area (TPSA) is 58.9 Å². The molecule has 1 saturated heterocycles. The summed E-state index contributed by atoms with van der Waals surface area (Å²) in [5.41, 5.74) is 2.08. The Bertz CT molecular complexity index is 778. The van der Waals surface area contributed by atoms with E-state index in [0.717, 1.165) is 19.6 Å². The van der Waals surface area contributed by atoms with Gasteiger partial charge in [0.25, 0.3) is 5.69 Å². The molecule has 0 spiro atoms. The summed E-state index contributed by atoms with van der Waals surface area (Å²) in [4.78, 5) is 15.9. The molecule has 0 aliphatic carbocycles. The first-order chi connectivity index (χ1) is 14.1. The Morgan fingerprint density at radius 2 is 1.72 bits per heavy atom. The van der Waals surface area contributed by atoms with Crippen molar-refractivity contribution < 1.29 is 9.66 Å². The van der Waals surface area contributed by atoms with Crippen LogP contribution < -0.4 is 0 Å². The third-order valence-corrected chi connectivity index (χ3v) is 5.86. The summed E-state index contributed by atoms with van der Waals surface area (Å²) in [6, 6.07) is 17.6.